The number of carbonyl (C=O) groups is 1. The number of anilines is 1. The van der Waals surface area contributed by atoms with Crippen LogP contribution in [0, 0.1) is 0 Å². The molecule has 0 saturated carbocycles. The number of aromatic nitrogens is 2. The highest BCUT2D eigenvalue weighted by Gasteiger charge is 2.24. The summed E-state index contributed by atoms with van der Waals surface area (Å²) < 4.78 is 7.06. The van der Waals surface area contributed by atoms with Gasteiger partial charge in [0.2, 0.25) is 0 Å². The van der Waals surface area contributed by atoms with Crippen LogP contribution in [0.1, 0.15) is 10.5 Å². The van der Waals surface area contributed by atoms with Crippen molar-refractivity contribution in [1.29, 1.82) is 0 Å². The number of amides is 1. The molecule has 0 bridgehead atoms. The standard InChI is InChI=1S/C16H20N4O2/c1-18-8-7-13(17-18)16(21)20-11-9-19(10-12-20)14-5-3-4-6-15(14)22-2/h3-8H,9-12H2,1-2H3. The third-order valence-electron chi connectivity index (χ3n) is 3.93. The van der Waals surface area contributed by atoms with E-state index >= 15 is 0 Å². The molecule has 2 heterocycles. The molecular weight excluding hydrogens is 280 g/mol. The van der Waals surface area contributed by atoms with Crippen LogP contribution in [0.4, 0.5) is 5.69 Å². The number of nitrogens with zero attached hydrogens (tertiary/aromatic N) is 4. The van der Waals surface area contributed by atoms with Gasteiger partial charge in [0.25, 0.3) is 5.91 Å². The normalized spacial score (nSPS) is 15.0. The van der Waals surface area contributed by atoms with E-state index in [9.17, 15) is 4.79 Å². The topological polar surface area (TPSA) is 50.6 Å². The van der Waals surface area contributed by atoms with E-state index in [1.54, 1.807) is 24.1 Å². The van der Waals surface area contributed by atoms with Crippen molar-refractivity contribution in [1.82, 2.24) is 14.7 Å². The fraction of sp³-hybridized carbons (Fsp3) is 0.375. The summed E-state index contributed by atoms with van der Waals surface area (Å²) >= 11 is 0. The fourth-order valence-electron chi connectivity index (χ4n) is 2.73. The molecule has 0 unspecified atom stereocenters. The first-order valence-electron chi connectivity index (χ1n) is 7.36. The Hall–Kier alpha value is -2.50. The second-order valence-corrected chi connectivity index (χ2v) is 5.33. The number of aryl methyl sites for hydroxylation is 1. The van der Waals surface area contributed by atoms with Crippen LogP contribution >= 0.6 is 0 Å². The number of hydrogen-bond acceptors (Lipinski definition) is 4. The van der Waals surface area contributed by atoms with E-state index in [1.807, 2.05) is 30.1 Å². The van der Waals surface area contributed by atoms with Crippen LogP contribution in [0.15, 0.2) is 36.5 Å². The lowest BCUT2D eigenvalue weighted by Crippen LogP contribution is -2.49. The minimum atomic E-state index is 0.000256. The van der Waals surface area contributed by atoms with E-state index in [0.29, 0.717) is 18.8 Å². The molecule has 1 aromatic carbocycles. The van der Waals surface area contributed by atoms with Gasteiger partial charge in [0.05, 0.1) is 12.8 Å². The van der Waals surface area contributed by atoms with Crippen LogP contribution in [0.5, 0.6) is 5.75 Å². The number of hydrogen-bond donors (Lipinski definition) is 0. The van der Waals surface area contributed by atoms with Gasteiger partial charge in [-0.05, 0) is 18.2 Å². The lowest BCUT2D eigenvalue weighted by Gasteiger charge is -2.36. The summed E-state index contributed by atoms with van der Waals surface area (Å²) in [4.78, 5) is 16.5. The Labute approximate surface area is 129 Å². The van der Waals surface area contributed by atoms with E-state index in [2.05, 4.69) is 16.1 Å². The zero-order valence-corrected chi connectivity index (χ0v) is 12.9. The largest absolute Gasteiger partial charge is 0.495 e. The zero-order chi connectivity index (χ0) is 15.5. The maximum atomic E-state index is 12.4. The smallest absolute Gasteiger partial charge is 0.274 e. The zero-order valence-electron chi connectivity index (χ0n) is 12.9. The summed E-state index contributed by atoms with van der Waals surface area (Å²) in [5, 5.41) is 4.18. The Kier molecular flexibility index (Phi) is 4.00. The first-order chi connectivity index (χ1) is 10.7. The molecule has 1 aliphatic rings. The summed E-state index contributed by atoms with van der Waals surface area (Å²) in [7, 11) is 3.50. The van der Waals surface area contributed by atoms with Crippen molar-refractivity contribution in [3.8, 4) is 5.75 Å². The van der Waals surface area contributed by atoms with Gasteiger partial charge >= 0.3 is 0 Å². The second kappa shape index (κ2) is 6.09. The van der Waals surface area contributed by atoms with Crippen molar-refractivity contribution in [2.24, 2.45) is 7.05 Å². The van der Waals surface area contributed by atoms with Gasteiger partial charge in [0.1, 0.15) is 11.4 Å². The predicted octanol–water partition coefficient (Wildman–Crippen LogP) is 1.39. The van der Waals surface area contributed by atoms with Gasteiger partial charge in [-0.2, -0.15) is 5.10 Å². The van der Waals surface area contributed by atoms with Crippen molar-refractivity contribution in [2.75, 3.05) is 38.2 Å². The lowest BCUT2D eigenvalue weighted by atomic mass is 10.2. The maximum Gasteiger partial charge on any atom is 0.274 e. The van der Waals surface area contributed by atoms with Crippen molar-refractivity contribution < 1.29 is 9.53 Å². The van der Waals surface area contributed by atoms with Crippen molar-refractivity contribution in [3.05, 3.63) is 42.2 Å². The number of para-hydroxylation sites is 2. The molecule has 1 aliphatic heterocycles. The molecule has 6 heteroatoms. The SMILES string of the molecule is COc1ccccc1N1CCN(C(=O)c2ccn(C)n2)CC1. The summed E-state index contributed by atoms with van der Waals surface area (Å²) in [6, 6.07) is 9.73. The summed E-state index contributed by atoms with van der Waals surface area (Å²) in [5.41, 5.74) is 1.59. The van der Waals surface area contributed by atoms with E-state index in [4.69, 9.17) is 4.74 Å². The highest BCUT2D eigenvalue weighted by atomic mass is 16.5. The summed E-state index contributed by atoms with van der Waals surface area (Å²) in [5.74, 6) is 0.868. The minimum Gasteiger partial charge on any atom is -0.495 e. The van der Waals surface area contributed by atoms with E-state index in [0.717, 1.165) is 24.5 Å². The first kappa shape index (κ1) is 14.4. The minimum absolute atomic E-state index is 0.000256. The van der Waals surface area contributed by atoms with Crippen molar-refractivity contribution in [2.45, 2.75) is 0 Å². The molecule has 2 aromatic rings. The van der Waals surface area contributed by atoms with Crippen LogP contribution in [0.2, 0.25) is 0 Å². The monoisotopic (exact) mass is 300 g/mol. The molecule has 1 fully saturated rings. The van der Waals surface area contributed by atoms with Crippen LogP contribution in [0.25, 0.3) is 0 Å². The molecule has 22 heavy (non-hydrogen) atoms. The van der Waals surface area contributed by atoms with Crippen molar-refractivity contribution >= 4 is 11.6 Å². The first-order valence-corrected chi connectivity index (χ1v) is 7.36. The van der Waals surface area contributed by atoms with Gasteiger partial charge in [0, 0.05) is 39.4 Å². The molecule has 0 aliphatic carbocycles. The number of methoxy groups -OCH3 is 1. The molecule has 1 aromatic heterocycles. The van der Waals surface area contributed by atoms with Crippen LogP contribution < -0.4 is 9.64 Å². The summed E-state index contributed by atoms with van der Waals surface area (Å²) in [6.07, 6.45) is 1.79. The number of rotatable bonds is 3. The van der Waals surface area contributed by atoms with E-state index in [-0.39, 0.29) is 5.91 Å². The number of benzene rings is 1. The molecule has 3 rings (SSSR count). The molecule has 0 spiro atoms. The van der Waals surface area contributed by atoms with Gasteiger partial charge in [-0.15, -0.1) is 0 Å². The third kappa shape index (κ3) is 2.77. The van der Waals surface area contributed by atoms with Gasteiger partial charge in [-0.3, -0.25) is 9.48 Å². The second-order valence-electron chi connectivity index (χ2n) is 5.33. The van der Waals surface area contributed by atoms with Crippen LogP contribution in [0.3, 0.4) is 0 Å². The predicted molar refractivity (Wildman–Crippen MR) is 84.3 cm³/mol. The lowest BCUT2D eigenvalue weighted by molar-refractivity contribution is 0.0740. The maximum absolute atomic E-state index is 12.4. The highest BCUT2D eigenvalue weighted by Crippen LogP contribution is 2.28. The van der Waals surface area contributed by atoms with Gasteiger partial charge in [-0.25, -0.2) is 0 Å². The number of piperazine rings is 1. The third-order valence-corrected chi connectivity index (χ3v) is 3.93. The Balaban J connectivity index is 1.66. The quantitative estimate of drug-likeness (QED) is 0.859. The average molecular weight is 300 g/mol. The molecule has 0 radical (unpaired) electrons. The van der Waals surface area contributed by atoms with Gasteiger partial charge in [0.15, 0.2) is 0 Å². The highest BCUT2D eigenvalue weighted by molar-refractivity contribution is 5.92. The van der Waals surface area contributed by atoms with Gasteiger partial charge in [-0.1, -0.05) is 12.1 Å². The molecule has 0 N–H and O–H groups in total. The van der Waals surface area contributed by atoms with Crippen molar-refractivity contribution in [3.63, 3.8) is 0 Å². The molecule has 1 saturated heterocycles. The Morgan fingerprint density at radius 1 is 1.14 bits per heavy atom. The fourth-order valence-corrected chi connectivity index (χ4v) is 2.73. The van der Waals surface area contributed by atoms with Crippen LogP contribution in [-0.4, -0.2) is 53.9 Å². The Bertz CT molecular complexity index is 660. The summed E-state index contributed by atoms with van der Waals surface area (Å²) in [6.45, 7) is 2.96. The van der Waals surface area contributed by atoms with E-state index in [1.165, 1.54) is 0 Å². The molecular formula is C16H20N4O2. The molecule has 116 valence electrons. The molecule has 6 nitrogen and oxygen atoms in total. The molecule has 0 atom stereocenters. The number of carbonyl (C=O) groups excluding carboxylic acids is 1. The molecule has 1 amide bonds. The average Bonchev–Trinajstić information content (AvgIpc) is 3.01. The van der Waals surface area contributed by atoms with Crippen LogP contribution in [-0.2, 0) is 7.05 Å². The number of ether oxygens (including phenoxy) is 1. The van der Waals surface area contributed by atoms with Gasteiger partial charge < -0.3 is 14.5 Å². The Morgan fingerprint density at radius 2 is 1.86 bits per heavy atom. The Morgan fingerprint density at radius 3 is 2.50 bits per heavy atom. The van der Waals surface area contributed by atoms with E-state index < -0.39 is 0 Å².